The molecule has 6 heteroatoms. The Morgan fingerprint density at radius 3 is 2.93 bits per heavy atom. The minimum atomic E-state index is -0.298. The third-order valence-electron chi connectivity index (χ3n) is 1.39. The highest BCUT2D eigenvalue weighted by molar-refractivity contribution is 7.80. The molecular formula is C8H8ClN3OS. The number of hydrogen-bond donors (Lipinski definition) is 2. The number of pyridine rings is 1. The van der Waals surface area contributed by atoms with Crippen LogP contribution in [0.2, 0.25) is 5.02 Å². The van der Waals surface area contributed by atoms with E-state index in [9.17, 15) is 4.79 Å². The van der Waals surface area contributed by atoms with Crippen LogP contribution in [0.5, 0.6) is 0 Å². The molecule has 0 unspecified atom stereocenters. The zero-order valence-electron chi connectivity index (χ0n) is 7.16. The smallest absolute Gasteiger partial charge is 0.253 e. The van der Waals surface area contributed by atoms with Crippen molar-refractivity contribution in [3.63, 3.8) is 0 Å². The number of hydrogen-bond acceptors (Lipinski definition) is 3. The van der Waals surface area contributed by atoms with Gasteiger partial charge in [-0.15, -0.1) is 0 Å². The molecule has 0 aliphatic rings. The molecule has 1 aromatic rings. The second kappa shape index (κ2) is 4.88. The molecule has 0 aromatic carbocycles. The van der Waals surface area contributed by atoms with Crippen molar-refractivity contribution in [2.75, 3.05) is 6.54 Å². The van der Waals surface area contributed by atoms with Crippen molar-refractivity contribution in [1.29, 1.82) is 0 Å². The Labute approximate surface area is 91.5 Å². The lowest BCUT2D eigenvalue weighted by Crippen LogP contribution is -2.32. The van der Waals surface area contributed by atoms with Gasteiger partial charge in [0.2, 0.25) is 0 Å². The van der Waals surface area contributed by atoms with Crippen LogP contribution in [0.15, 0.2) is 18.5 Å². The monoisotopic (exact) mass is 229 g/mol. The van der Waals surface area contributed by atoms with Crippen LogP contribution in [0.3, 0.4) is 0 Å². The Balaban J connectivity index is 2.65. The Morgan fingerprint density at radius 2 is 2.36 bits per heavy atom. The lowest BCUT2D eigenvalue weighted by molar-refractivity contribution is 0.0959. The first kappa shape index (κ1) is 10.9. The number of nitrogens with two attached hydrogens (primary N) is 1. The first-order chi connectivity index (χ1) is 6.59. The molecule has 0 fully saturated rings. The summed E-state index contributed by atoms with van der Waals surface area (Å²) in [4.78, 5) is 15.4. The van der Waals surface area contributed by atoms with Gasteiger partial charge >= 0.3 is 0 Å². The molecule has 3 N–H and O–H groups in total. The van der Waals surface area contributed by atoms with Crippen LogP contribution < -0.4 is 11.1 Å². The first-order valence-electron chi connectivity index (χ1n) is 3.76. The summed E-state index contributed by atoms with van der Waals surface area (Å²) in [5, 5.41) is 2.93. The molecule has 0 radical (unpaired) electrons. The highest BCUT2D eigenvalue weighted by Crippen LogP contribution is 2.07. The van der Waals surface area contributed by atoms with E-state index >= 15 is 0 Å². The summed E-state index contributed by atoms with van der Waals surface area (Å²) in [7, 11) is 0. The van der Waals surface area contributed by atoms with Gasteiger partial charge in [0.15, 0.2) is 0 Å². The Bertz CT molecular complexity index is 369. The van der Waals surface area contributed by atoms with E-state index in [2.05, 4.69) is 22.5 Å². The van der Waals surface area contributed by atoms with Crippen molar-refractivity contribution in [2.45, 2.75) is 0 Å². The third kappa shape index (κ3) is 3.27. The van der Waals surface area contributed by atoms with Gasteiger partial charge in [0.25, 0.3) is 5.91 Å². The maximum Gasteiger partial charge on any atom is 0.253 e. The van der Waals surface area contributed by atoms with E-state index in [4.69, 9.17) is 17.3 Å². The number of halogens is 1. The second-order valence-corrected chi connectivity index (χ2v) is 3.50. The van der Waals surface area contributed by atoms with Crippen LogP contribution in [0, 0.1) is 0 Å². The molecule has 4 nitrogen and oxygen atoms in total. The molecule has 74 valence electrons. The van der Waals surface area contributed by atoms with Crippen molar-refractivity contribution < 1.29 is 4.79 Å². The fraction of sp³-hybridized carbons (Fsp3) is 0.125. The summed E-state index contributed by atoms with van der Waals surface area (Å²) in [5.41, 5.74) is 5.61. The molecule has 14 heavy (non-hydrogen) atoms. The number of rotatable bonds is 3. The minimum absolute atomic E-state index is 0.167. The summed E-state index contributed by atoms with van der Waals surface area (Å²) < 4.78 is 0. The van der Waals surface area contributed by atoms with E-state index in [1.165, 1.54) is 18.5 Å². The fourth-order valence-electron chi connectivity index (χ4n) is 0.805. The maximum absolute atomic E-state index is 11.4. The standard InChI is InChI=1S/C8H8ClN3OS/c9-6-1-5(2-11-3-6)8(13)12-4-7(10)14/h1-3H,4H2,(H2,10,14)(H,12,13). The number of thiocarbonyl (C=S) groups is 1. The Morgan fingerprint density at radius 1 is 1.64 bits per heavy atom. The van der Waals surface area contributed by atoms with Crippen LogP contribution in [0.4, 0.5) is 0 Å². The predicted octanol–water partition coefficient (Wildman–Crippen LogP) is 0.751. The maximum atomic E-state index is 11.4. The lowest BCUT2D eigenvalue weighted by atomic mass is 10.3. The van der Waals surface area contributed by atoms with Crippen molar-refractivity contribution >= 4 is 34.7 Å². The van der Waals surface area contributed by atoms with Crippen LogP contribution in [0.25, 0.3) is 0 Å². The molecule has 0 aliphatic heterocycles. The van der Waals surface area contributed by atoms with E-state index in [1.54, 1.807) is 0 Å². The number of amides is 1. The van der Waals surface area contributed by atoms with Gasteiger partial charge in [0, 0.05) is 12.4 Å². The summed E-state index contributed by atoms with van der Waals surface area (Å²) >= 11 is 10.3. The molecule has 0 saturated carbocycles. The highest BCUT2D eigenvalue weighted by Gasteiger charge is 2.05. The van der Waals surface area contributed by atoms with Crippen molar-refractivity contribution in [1.82, 2.24) is 10.3 Å². The first-order valence-corrected chi connectivity index (χ1v) is 4.55. The molecule has 0 aliphatic carbocycles. The zero-order chi connectivity index (χ0) is 10.6. The zero-order valence-corrected chi connectivity index (χ0v) is 8.73. The molecule has 0 saturated heterocycles. The van der Waals surface area contributed by atoms with Crippen LogP contribution in [0.1, 0.15) is 10.4 Å². The van der Waals surface area contributed by atoms with Gasteiger partial charge in [0.05, 0.1) is 22.1 Å². The SMILES string of the molecule is NC(=S)CNC(=O)c1cncc(Cl)c1. The van der Waals surface area contributed by atoms with Gasteiger partial charge in [0.1, 0.15) is 0 Å². The lowest BCUT2D eigenvalue weighted by Gasteiger charge is -2.03. The van der Waals surface area contributed by atoms with Gasteiger partial charge in [-0.1, -0.05) is 23.8 Å². The molecule has 1 aromatic heterocycles. The largest absolute Gasteiger partial charge is 0.392 e. The van der Waals surface area contributed by atoms with Crippen LogP contribution >= 0.6 is 23.8 Å². The van der Waals surface area contributed by atoms with Crippen LogP contribution in [-0.4, -0.2) is 22.4 Å². The van der Waals surface area contributed by atoms with E-state index in [0.717, 1.165) is 0 Å². The average molecular weight is 230 g/mol. The number of carbonyl (C=O) groups is 1. The third-order valence-corrected chi connectivity index (χ3v) is 1.74. The average Bonchev–Trinajstić information content (AvgIpc) is 2.14. The molecule has 0 spiro atoms. The summed E-state index contributed by atoms with van der Waals surface area (Å²) in [6.45, 7) is 0.167. The predicted molar refractivity (Wildman–Crippen MR) is 58.4 cm³/mol. The molecule has 0 atom stereocenters. The van der Waals surface area contributed by atoms with E-state index in [0.29, 0.717) is 10.6 Å². The highest BCUT2D eigenvalue weighted by atomic mass is 35.5. The van der Waals surface area contributed by atoms with Crippen molar-refractivity contribution in [3.05, 3.63) is 29.0 Å². The van der Waals surface area contributed by atoms with E-state index in [-0.39, 0.29) is 17.4 Å². The van der Waals surface area contributed by atoms with Gasteiger partial charge in [-0.3, -0.25) is 9.78 Å². The second-order valence-electron chi connectivity index (χ2n) is 2.54. The summed E-state index contributed by atoms with van der Waals surface area (Å²) in [6.07, 6.45) is 2.87. The number of carbonyl (C=O) groups excluding carboxylic acids is 1. The fourth-order valence-corrected chi connectivity index (χ4v) is 1.05. The molecule has 1 heterocycles. The summed E-state index contributed by atoms with van der Waals surface area (Å²) in [5.74, 6) is -0.298. The van der Waals surface area contributed by atoms with Gasteiger partial charge in [-0.2, -0.15) is 0 Å². The topological polar surface area (TPSA) is 68.0 Å². The molecule has 0 bridgehead atoms. The normalized spacial score (nSPS) is 9.50. The van der Waals surface area contributed by atoms with E-state index in [1.807, 2.05) is 0 Å². The van der Waals surface area contributed by atoms with Gasteiger partial charge in [-0.25, -0.2) is 0 Å². The van der Waals surface area contributed by atoms with Gasteiger partial charge in [-0.05, 0) is 6.07 Å². The quantitative estimate of drug-likeness (QED) is 0.751. The van der Waals surface area contributed by atoms with Crippen molar-refractivity contribution in [3.8, 4) is 0 Å². The number of aromatic nitrogens is 1. The Kier molecular flexibility index (Phi) is 3.79. The van der Waals surface area contributed by atoms with E-state index < -0.39 is 0 Å². The van der Waals surface area contributed by atoms with Gasteiger partial charge < -0.3 is 11.1 Å². The number of nitrogens with zero attached hydrogens (tertiary/aromatic N) is 1. The summed E-state index contributed by atoms with van der Waals surface area (Å²) in [6, 6.07) is 1.52. The minimum Gasteiger partial charge on any atom is -0.392 e. The number of nitrogens with one attached hydrogen (secondary N) is 1. The molecule has 1 amide bonds. The molecular weight excluding hydrogens is 222 g/mol. The Hall–Kier alpha value is -1.20. The van der Waals surface area contributed by atoms with Crippen molar-refractivity contribution in [2.24, 2.45) is 5.73 Å². The molecule has 1 rings (SSSR count). The van der Waals surface area contributed by atoms with Crippen LogP contribution in [-0.2, 0) is 0 Å².